The van der Waals surface area contributed by atoms with E-state index in [1.807, 2.05) is 0 Å². The average Bonchev–Trinajstić information content (AvgIpc) is 3.40. The van der Waals surface area contributed by atoms with Crippen molar-refractivity contribution < 1.29 is 55.7 Å². The van der Waals surface area contributed by atoms with Crippen LogP contribution >= 0.6 is 23.2 Å². The van der Waals surface area contributed by atoms with Gasteiger partial charge in [-0.05, 0) is 43.4 Å². The Morgan fingerprint density at radius 1 is 0.896 bits per heavy atom. The number of carbonyl (C=O) groups is 4. The Morgan fingerprint density at radius 3 is 2.00 bits per heavy atom. The number of fused-ring (bicyclic) bond motifs is 4. The molecule has 1 N–H and O–H groups in total. The van der Waals surface area contributed by atoms with Gasteiger partial charge in [-0.3, -0.25) is 24.1 Å². The molecule has 2 heterocycles. The molecule has 2 aromatic carbocycles. The van der Waals surface area contributed by atoms with E-state index in [0.29, 0.717) is 11.1 Å². The molecule has 16 heteroatoms. The zero-order valence-corrected chi connectivity index (χ0v) is 26.8. The van der Waals surface area contributed by atoms with Crippen LogP contribution in [0.3, 0.4) is 0 Å². The van der Waals surface area contributed by atoms with Crippen LogP contribution in [0, 0.1) is 52.8 Å². The number of hydrogen-bond acceptors (Lipinski definition) is 7. The van der Waals surface area contributed by atoms with Crippen molar-refractivity contribution in [2.75, 3.05) is 25.7 Å². The normalized spacial score (nSPS) is 29.8. The molecule has 0 aromatic heterocycles. The van der Waals surface area contributed by atoms with Gasteiger partial charge in [0.1, 0.15) is 5.69 Å². The third-order valence-electron chi connectivity index (χ3n) is 9.67. The number of anilines is 1. The van der Waals surface area contributed by atoms with Crippen LogP contribution in [-0.2, 0) is 19.2 Å². The molecule has 4 aliphatic rings. The molecular weight excluding hydrogens is 690 g/mol. The Hall–Kier alpha value is -4.17. The summed E-state index contributed by atoms with van der Waals surface area (Å²) in [7, 11) is 2.56. The Kier molecular flexibility index (Phi) is 8.06. The number of ether oxygens (including phenoxy) is 2. The smallest absolute Gasteiger partial charge is 0.258 e. The van der Waals surface area contributed by atoms with Crippen molar-refractivity contribution in [1.29, 1.82) is 0 Å². The summed E-state index contributed by atoms with van der Waals surface area (Å²) in [6.45, 7) is 1.65. The first-order valence-corrected chi connectivity index (χ1v) is 15.3. The summed E-state index contributed by atoms with van der Waals surface area (Å²) >= 11 is 14.1. The number of rotatable bonds is 6. The van der Waals surface area contributed by atoms with Crippen LogP contribution in [0.25, 0.3) is 6.08 Å². The number of hydrogen-bond donors (Lipinski definition) is 1. The van der Waals surface area contributed by atoms with Crippen LogP contribution in [0.5, 0.6) is 17.2 Å². The van der Waals surface area contributed by atoms with E-state index in [2.05, 4.69) is 0 Å². The molecule has 0 bridgehead atoms. The number of alkyl halides is 2. The predicted octanol–water partition coefficient (Wildman–Crippen LogP) is 5.23. The molecule has 6 atom stereocenters. The molecule has 3 fully saturated rings. The lowest BCUT2D eigenvalue weighted by Gasteiger charge is -2.49. The van der Waals surface area contributed by atoms with Gasteiger partial charge in [0.25, 0.3) is 11.8 Å². The molecule has 2 saturated heterocycles. The number of nitrogens with zero attached hydrogens (tertiary/aromatic N) is 2. The highest BCUT2D eigenvalue weighted by Crippen LogP contribution is 2.64. The second-order valence-corrected chi connectivity index (χ2v) is 13.0. The number of allylic oxidation sites excluding steroid dienone is 3. The fourth-order valence-electron chi connectivity index (χ4n) is 7.41. The summed E-state index contributed by atoms with van der Waals surface area (Å²) in [6.07, 6.45) is 3.75. The minimum absolute atomic E-state index is 0.0122. The second-order valence-electron chi connectivity index (χ2n) is 11.8. The van der Waals surface area contributed by atoms with Gasteiger partial charge >= 0.3 is 0 Å². The summed E-state index contributed by atoms with van der Waals surface area (Å²) in [5, 5.41) is 10.3. The summed E-state index contributed by atoms with van der Waals surface area (Å²) in [4.78, 5) is 50.6. The van der Waals surface area contributed by atoms with Crippen LogP contribution in [-0.4, -0.2) is 64.1 Å². The zero-order chi connectivity index (χ0) is 35.2. The molecule has 48 heavy (non-hydrogen) atoms. The molecule has 0 spiro atoms. The lowest BCUT2D eigenvalue weighted by Crippen LogP contribution is -2.60. The Morgan fingerprint density at radius 2 is 1.46 bits per heavy atom. The maximum Gasteiger partial charge on any atom is 0.258 e. The van der Waals surface area contributed by atoms with E-state index < -0.39 is 98.2 Å². The number of aromatic hydroxyl groups is 1. The Balaban J connectivity index is 1.57. The minimum Gasteiger partial charge on any atom is -0.502 e. The highest BCUT2D eigenvalue weighted by molar-refractivity contribution is 6.58. The van der Waals surface area contributed by atoms with Crippen molar-refractivity contribution in [2.24, 2.45) is 23.7 Å². The standard InChI is InChI=1S/C32H25Cl2F5N2O7/c1-4-40-27(43)14-7-6-13-15(19(14)28(40)44)11-31(33)29(45)41(25-23(38)21(36)20(35)22(37)24(25)39)30(46)32(31,34)16(13)8-5-12-9-17(47-2)26(42)18(10-12)48-3/h5-6,8-10,14-16,19,42H,4,7,11H2,1-3H3/t14-,15+,16-,19-,31+,32-/m0/s1. The molecule has 6 rings (SSSR count). The molecule has 254 valence electrons. The first kappa shape index (κ1) is 33.7. The number of phenolic OH excluding ortho intramolecular Hbond substituents is 1. The van der Waals surface area contributed by atoms with Gasteiger partial charge in [0, 0.05) is 12.5 Å². The van der Waals surface area contributed by atoms with Gasteiger partial charge in [-0.1, -0.05) is 23.8 Å². The average molecular weight is 715 g/mol. The highest BCUT2D eigenvalue weighted by atomic mass is 35.5. The third kappa shape index (κ3) is 4.27. The van der Waals surface area contributed by atoms with Crippen molar-refractivity contribution in [1.82, 2.24) is 4.90 Å². The topological polar surface area (TPSA) is 113 Å². The van der Waals surface area contributed by atoms with E-state index in [4.69, 9.17) is 32.7 Å². The summed E-state index contributed by atoms with van der Waals surface area (Å²) < 4.78 is 83.2. The maximum absolute atomic E-state index is 15.1. The fraction of sp³-hybridized carbons (Fsp3) is 0.375. The Bertz CT molecular complexity index is 1830. The number of amides is 4. The summed E-state index contributed by atoms with van der Waals surface area (Å²) in [5.74, 6) is -21.1. The van der Waals surface area contributed by atoms with E-state index in [1.54, 1.807) is 13.0 Å². The fourth-order valence-corrected chi connectivity index (χ4v) is 8.30. The van der Waals surface area contributed by atoms with Crippen LogP contribution in [0.2, 0.25) is 0 Å². The second kappa shape index (κ2) is 11.5. The quantitative estimate of drug-likeness (QED) is 0.109. The maximum atomic E-state index is 15.1. The van der Waals surface area contributed by atoms with Crippen LogP contribution < -0.4 is 14.4 Å². The number of methoxy groups -OCH3 is 2. The molecule has 2 aliphatic heterocycles. The van der Waals surface area contributed by atoms with E-state index in [1.165, 1.54) is 38.5 Å². The van der Waals surface area contributed by atoms with Gasteiger partial charge < -0.3 is 14.6 Å². The predicted molar refractivity (Wildman–Crippen MR) is 160 cm³/mol. The third-order valence-corrected chi connectivity index (χ3v) is 11.1. The largest absolute Gasteiger partial charge is 0.502 e. The van der Waals surface area contributed by atoms with Crippen molar-refractivity contribution in [3.63, 3.8) is 0 Å². The molecule has 2 aliphatic carbocycles. The van der Waals surface area contributed by atoms with Crippen molar-refractivity contribution in [3.8, 4) is 17.2 Å². The van der Waals surface area contributed by atoms with Crippen molar-refractivity contribution >= 4 is 58.6 Å². The summed E-state index contributed by atoms with van der Waals surface area (Å²) in [5.41, 5.74) is -1.25. The van der Waals surface area contributed by atoms with E-state index >= 15 is 8.78 Å². The molecule has 9 nitrogen and oxygen atoms in total. The number of halogens is 7. The van der Waals surface area contributed by atoms with Gasteiger partial charge in [-0.15, -0.1) is 23.2 Å². The van der Waals surface area contributed by atoms with Gasteiger partial charge in [-0.25, -0.2) is 26.9 Å². The number of likely N-dealkylation sites (tertiary alicyclic amines) is 1. The molecular formula is C32H25Cl2F5N2O7. The van der Waals surface area contributed by atoms with Crippen LogP contribution in [0.15, 0.2) is 29.9 Å². The van der Waals surface area contributed by atoms with Crippen molar-refractivity contribution in [3.05, 3.63) is 64.5 Å². The first-order chi connectivity index (χ1) is 22.6. The molecule has 0 unspecified atom stereocenters. The first-order valence-electron chi connectivity index (χ1n) is 14.6. The van der Waals surface area contributed by atoms with Crippen LogP contribution in [0.4, 0.5) is 27.6 Å². The monoisotopic (exact) mass is 714 g/mol. The molecule has 1 saturated carbocycles. The van der Waals surface area contributed by atoms with Gasteiger partial charge in [-0.2, -0.15) is 0 Å². The number of imide groups is 2. The SMILES string of the molecule is CCN1C(=O)[C@H]2[C@H](CC=C3[C@H]2C[C@@]2(Cl)C(=O)N(c4c(F)c(F)c(F)c(F)c4F)C(=O)[C@@]2(Cl)[C@H]3C=Cc2cc(OC)c(O)c(OC)c2)C1=O. The number of carbonyl (C=O) groups excluding carboxylic acids is 4. The van der Waals surface area contributed by atoms with Gasteiger partial charge in [0.2, 0.25) is 23.4 Å². The molecule has 4 amide bonds. The minimum atomic E-state index is -2.64. The van der Waals surface area contributed by atoms with Gasteiger partial charge in [0.05, 0.1) is 26.1 Å². The molecule has 2 aromatic rings. The van der Waals surface area contributed by atoms with Crippen LogP contribution in [0.1, 0.15) is 25.3 Å². The lowest BCUT2D eigenvalue weighted by atomic mass is 9.57. The van der Waals surface area contributed by atoms with E-state index in [-0.39, 0.29) is 35.1 Å². The van der Waals surface area contributed by atoms with E-state index in [0.717, 1.165) is 4.90 Å². The number of benzene rings is 2. The van der Waals surface area contributed by atoms with Gasteiger partial charge in [0.15, 0.2) is 44.5 Å². The number of phenols is 1. The Labute approximate surface area is 279 Å². The van der Waals surface area contributed by atoms with E-state index in [9.17, 15) is 37.5 Å². The molecule has 0 radical (unpaired) electrons. The summed E-state index contributed by atoms with van der Waals surface area (Å²) in [6, 6.07) is 2.77. The zero-order valence-electron chi connectivity index (χ0n) is 25.3. The highest BCUT2D eigenvalue weighted by Gasteiger charge is 2.76. The van der Waals surface area contributed by atoms with Crippen molar-refractivity contribution in [2.45, 2.75) is 29.5 Å². The lowest BCUT2D eigenvalue weighted by molar-refractivity contribution is -0.140.